The van der Waals surface area contributed by atoms with Gasteiger partial charge < -0.3 is 10.0 Å². The molecule has 24 heavy (non-hydrogen) atoms. The maximum Gasteiger partial charge on any atom is 0.224 e. The second kappa shape index (κ2) is 7.99. The standard InChI is InChI=1S/C19H25N3O2/c23-18-9-6-16(7-10-18)5-8-17-4-1-2-14-22(17)19(24)11-15-21-13-3-12-20-21/h3,6-7,9-10,12-13,17,23H,1-2,4-5,8,11,14-15H2/t17-/m0/s1. The highest BCUT2D eigenvalue weighted by Gasteiger charge is 2.26. The van der Waals surface area contributed by atoms with Crippen molar-refractivity contribution in [2.24, 2.45) is 0 Å². The molecule has 0 unspecified atom stereocenters. The number of carbonyl (C=O) groups is 1. The van der Waals surface area contributed by atoms with Gasteiger partial charge in [-0.3, -0.25) is 9.48 Å². The number of phenols is 1. The summed E-state index contributed by atoms with van der Waals surface area (Å²) in [5, 5.41) is 13.5. The third-order valence-electron chi connectivity index (χ3n) is 4.76. The fourth-order valence-corrected chi connectivity index (χ4v) is 3.41. The summed E-state index contributed by atoms with van der Waals surface area (Å²) in [6.45, 7) is 1.52. The SMILES string of the molecule is O=C(CCn1cccn1)N1CCCC[C@H]1CCc1ccc(O)cc1. The molecule has 0 spiro atoms. The van der Waals surface area contributed by atoms with Crippen molar-refractivity contribution >= 4 is 5.91 Å². The van der Waals surface area contributed by atoms with Gasteiger partial charge in [0.1, 0.15) is 5.75 Å². The lowest BCUT2D eigenvalue weighted by Gasteiger charge is -2.36. The molecule has 0 saturated carbocycles. The van der Waals surface area contributed by atoms with Gasteiger partial charge in [0, 0.05) is 37.9 Å². The highest BCUT2D eigenvalue weighted by atomic mass is 16.3. The number of rotatable bonds is 6. The van der Waals surface area contributed by atoms with Crippen LogP contribution < -0.4 is 0 Å². The zero-order chi connectivity index (χ0) is 16.8. The molecule has 1 aromatic heterocycles. The van der Waals surface area contributed by atoms with Gasteiger partial charge in [-0.05, 0) is 55.9 Å². The average molecular weight is 327 g/mol. The van der Waals surface area contributed by atoms with Crippen LogP contribution >= 0.6 is 0 Å². The highest BCUT2D eigenvalue weighted by Crippen LogP contribution is 2.23. The Bertz CT molecular complexity index is 637. The lowest BCUT2D eigenvalue weighted by molar-refractivity contribution is -0.135. The van der Waals surface area contributed by atoms with Crippen molar-refractivity contribution < 1.29 is 9.90 Å². The Morgan fingerprint density at radius 2 is 2.08 bits per heavy atom. The van der Waals surface area contributed by atoms with E-state index >= 15 is 0 Å². The summed E-state index contributed by atoms with van der Waals surface area (Å²) in [7, 11) is 0. The van der Waals surface area contributed by atoms with Crippen LogP contribution in [0.3, 0.4) is 0 Å². The Balaban J connectivity index is 1.54. The van der Waals surface area contributed by atoms with Gasteiger partial charge in [0.25, 0.3) is 0 Å². The molecule has 1 N–H and O–H groups in total. The molecule has 1 fully saturated rings. The van der Waals surface area contributed by atoms with Crippen LogP contribution in [0.4, 0.5) is 0 Å². The van der Waals surface area contributed by atoms with E-state index in [2.05, 4.69) is 10.00 Å². The van der Waals surface area contributed by atoms with Crippen molar-refractivity contribution in [3.05, 3.63) is 48.3 Å². The molecule has 1 aliphatic rings. The number of aromatic nitrogens is 2. The summed E-state index contributed by atoms with van der Waals surface area (Å²) < 4.78 is 1.81. The lowest BCUT2D eigenvalue weighted by atomic mass is 9.95. The molecule has 2 aromatic rings. The third kappa shape index (κ3) is 4.37. The Morgan fingerprint density at radius 1 is 1.25 bits per heavy atom. The number of aryl methyl sites for hydroxylation is 2. The van der Waals surface area contributed by atoms with Gasteiger partial charge in [0.15, 0.2) is 0 Å². The number of likely N-dealkylation sites (tertiary alicyclic amines) is 1. The zero-order valence-electron chi connectivity index (χ0n) is 14.0. The van der Waals surface area contributed by atoms with Crippen LogP contribution in [0.25, 0.3) is 0 Å². The van der Waals surface area contributed by atoms with E-state index in [1.165, 1.54) is 12.0 Å². The first-order valence-electron chi connectivity index (χ1n) is 8.77. The molecular formula is C19H25N3O2. The molecule has 2 heterocycles. The number of nitrogens with zero attached hydrogens (tertiary/aromatic N) is 3. The van der Waals surface area contributed by atoms with Crippen LogP contribution in [0.15, 0.2) is 42.7 Å². The number of hydrogen-bond donors (Lipinski definition) is 1. The molecule has 1 aliphatic heterocycles. The largest absolute Gasteiger partial charge is 0.508 e. The molecule has 0 bridgehead atoms. The number of piperidine rings is 1. The molecule has 1 saturated heterocycles. The quantitative estimate of drug-likeness (QED) is 0.887. The van der Waals surface area contributed by atoms with Crippen molar-refractivity contribution in [3.8, 4) is 5.75 Å². The average Bonchev–Trinajstić information content (AvgIpc) is 3.13. The van der Waals surface area contributed by atoms with Crippen molar-refractivity contribution in [1.82, 2.24) is 14.7 Å². The predicted molar refractivity (Wildman–Crippen MR) is 92.6 cm³/mol. The van der Waals surface area contributed by atoms with Gasteiger partial charge in [0.2, 0.25) is 5.91 Å². The van der Waals surface area contributed by atoms with Gasteiger partial charge >= 0.3 is 0 Å². The summed E-state index contributed by atoms with van der Waals surface area (Å²) in [5.41, 5.74) is 1.21. The molecule has 1 atom stereocenters. The number of amides is 1. The Morgan fingerprint density at radius 3 is 2.83 bits per heavy atom. The summed E-state index contributed by atoms with van der Waals surface area (Å²) in [6, 6.07) is 9.58. The summed E-state index contributed by atoms with van der Waals surface area (Å²) in [5.74, 6) is 0.535. The van der Waals surface area contributed by atoms with Crippen LogP contribution in [0, 0.1) is 0 Å². The molecule has 5 nitrogen and oxygen atoms in total. The minimum absolute atomic E-state index is 0.237. The lowest BCUT2D eigenvalue weighted by Crippen LogP contribution is -2.44. The van der Waals surface area contributed by atoms with E-state index in [1.54, 1.807) is 18.3 Å². The fourth-order valence-electron chi connectivity index (χ4n) is 3.41. The monoisotopic (exact) mass is 327 g/mol. The van der Waals surface area contributed by atoms with Crippen LogP contribution in [-0.2, 0) is 17.8 Å². The normalized spacial score (nSPS) is 17.8. The second-order valence-corrected chi connectivity index (χ2v) is 6.46. The van der Waals surface area contributed by atoms with E-state index in [4.69, 9.17) is 0 Å². The van der Waals surface area contributed by atoms with Gasteiger partial charge in [-0.2, -0.15) is 5.10 Å². The van der Waals surface area contributed by atoms with Gasteiger partial charge in [0.05, 0.1) is 0 Å². The van der Waals surface area contributed by atoms with Crippen molar-refractivity contribution in [3.63, 3.8) is 0 Å². The predicted octanol–water partition coefficient (Wildman–Crippen LogP) is 2.99. The molecule has 3 rings (SSSR count). The molecule has 1 aromatic carbocycles. The van der Waals surface area contributed by atoms with Gasteiger partial charge in [-0.15, -0.1) is 0 Å². The Kier molecular flexibility index (Phi) is 5.51. The minimum atomic E-state index is 0.237. The first-order chi connectivity index (χ1) is 11.7. The fraction of sp³-hybridized carbons (Fsp3) is 0.474. The van der Waals surface area contributed by atoms with E-state index in [0.717, 1.165) is 32.2 Å². The van der Waals surface area contributed by atoms with E-state index in [1.807, 2.05) is 29.1 Å². The highest BCUT2D eigenvalue weighted by molar-refractivity contribution is 5.76. The summed E-state index contributed by atoms with van der Waals surface area (Å²) in [6.07, 6.45) is 9.46. The van der Waals surface area contributed by atoms with E-state index in [0.29, 0.717) is 24.8 Å². The van der Waals surface area contributed by atoms with Crippen LogP contribution in [-0.4, -0.2) is 38.3 Å². The van der Waals surface area contributed by atoms with Crippen LogP contribution in [0.5, 0.6) is 5.75 Å². The molecule has 128 valence electrons. The topological polar surface area (TPSA) is 58.4 Å². The maximum absolute atomic E-state index is 12.6. The zero-order valence-corrected chi connectivity index (χ0v) is 14.0. The molecule has 0 radical (unpaired) electrons. The van der Waals surface area contributed by atoms with Crippen molar-refractivity contribution in [2.45, 2.75) is 51.1 Å². The first kappa shape index (κ1) is 16.6. The minimum Gasteiger partial charge on any atom is -0.508 e. The maximum atomic E-state index is 12.6. The van der Waals surface area contributed by atoms with Crippen molar-refractivity contribution in [1.29, 1.82) is 0 Å². The van der Waals surface area contributed by atoms with Crippen LogP contribution in [0.1, 0.15) is 37.7 Å². The third-order valence-corrected chi connectivity index (χ3v) is 4.76. The molecule has 5 heteroatoms. The number of hydrogen-bond acceptors (Lipinski definition) is 3. The first-order valence-corrected chi connectivity index (χ1v) is 8.77. The molecule has 1 amide bonds. The number of phenolic OH excluding ortho intramolecular Hbond substituents is 1. The van der Waals surface area contributed by atoms with Gasteiger partial charge in [-0.25, -0.2) is 0 Å². The van der Waals surface area contributed by atoms with Crippen LogP contribution in [0.2, 0.25) is 0 Å². The second-order valence-electron chi connectivity index (χ2n) is 6.46. The van der Waals surface area contributed by atoms with E-state index < -0.39 is 0 Å². The number of aromatic hydroxyl groups is 1. The Labute approximate surface area is 142 Å². The molecule has 0 aliphatic carbocycles. The van der Waals surface area contributed by atoms with E-state index in [-0.39, 0.29) is 5.91 Å². The number of carbonyl (C=O) groups excluding carboxylic acids is 1. The summed E-state index contributed by atoms with van der Waals surface area (Å²) in [4.78, 5) is 14.7. The molecular weight excluding hydrogens is 302 g/mol. The number of benzene rings is 1. The smallest absolute Gasteiger partial charge is 0.224 e. The Hall–Kier alpha value is -2.30. The van der Waals surface area contributed by atoms with Gasteiger partial charge in [-0.1, -0.05) is 12.1 Å². The van der Waals surface area contributed by atoms with Crippen molar-refractivity contribution in [2.75, 3.05) is 6.54 Å². The summed E-state index contributed by atoms with van der Waals surface area (Å²) >= 11 is 0. The van der Waals surface area contributed by atoms with E-state index in [9.17, 15) is 9.90 Å².